The van der Waals surface area contributed by atoms with Crippen molar-refractivity contribution >= 4 is 28.1 Å². The zero-order chi connectivity index (χ0) is 11.7. The first-order valence-corrected chi connectivity index (χ1v) is 5.59. The van der Waals surface area contributed by atoms with Gasteiger partial charge in [-0.2, -0.15) is 0 Å². The van der Waals surface area contributed by atoms with E-state index in [1.165, 1.54) is 0 Å². The van der Waals surface area contributed by atoms with Gasteiger partial charge >= 0.3 is 0 Å². The topological polar surface area (TPSA) is 30.0 Å². The second kappa shape index (κ2) is 3.98. The molecular weight excluding hydrogens is 210 g/mol. The molecule has 1 aromatic heterocycles. The number of benzene rings is 2. The average molecular weight is 221 g/mol. The van der Waals surface area contributed by atoms with Crippen molar-refractivity contribution in [1.82, 2.24) is 4.98 Å². The third-order valence-corrected chi connectivity index (χ3v) is 2.95. The van der Waals surface area contributed by atoms with Crippen molar-refractivity contribution in [3.05, 3.63) is 54.1 Å². The summed E-state index contributed by atoms with van der Waals surface area (Å²) in [5.41, 5.74) is 2.97. The molecule has 0 atom stereocenters. The Labute approximate surface area is 98.9 Å². The van der Waals surface area contributed by atoms with Gasteiger partial charge in [-0.15, -0.1) is 0 Å². The van der Waals surface area contributed by atoms with Gasteiger partial charge in [0.05, 0.1) is 11.0 Å². The van der Waals surface area contributed by atoms with Gasteiger partial charge in [0.2, 0.25) is 0 Å². The molecule has 2 heteroatoms. The highest BCUT2D eigenvalue weighted by Gasteiger charge is 2.03. The highest BCUT2D eigenvalue weighted by atomic mass is 16.1. The fourth-order valence-corrected chi connectivity index (χ4v) is 2.13. The van der Waals surface area contributed by atoms with Gasteiger partial charge in [0.1, 0.15) is 6.29 Å². The van der Waals surface area contributed by atoms with Crippen LogP contribution in [0.2, 0.25) is 0 Å². The van der Waals surface area contributed by atoms with Crippen LogP contribution >= 0.6 is 0 Å². The first kappa shape index (κ1) is 9.97. The van der Waals surface area contributed by atoms with E-state index in [9.17, 15) is 4.79 Å². The summed E-state index contributed by atoms with van der Waals surface area (Å²) in [6, 6.07) is 16.0. The number of pyridine rings is 1. The highest BCUT2D eigenvalue weighted by Crippen LogP contribution is 2.22. The number of rotatable bonds is 2. The van der Waals surface area contributed by atoms with Crippen molar-refractivity contribution in [3.8, 4) is 0 Å². The van der Waals surface area contributed by atoms with E-state index in [2.05, 4.69) is 11.1 Å². The Balaban J connectivity index is 2.39. The summed E-state index contributed by atoms with van der Waals surface area (Å²) in [4.78, 5) is 15.3. The molecule has 1 heterocycles. The van der Waals surface area contributed by atoms with Crippen molar-refractivity contribution in [2.24, 2.45) is 0 Å². The molecule has 0 aliphatic heterocycles. The summed E-state index contributed by atoms with van der Waals surface area (Å²) < 4.78 is 0. The molecule has 3 aromatic rings. The van der Waals surface area contributed by atoms with Crippen molar-refractivity contribution < 1.29 is 4.79 Å². The Morgan fingerprint density at radius 1 is 1.00 bits per heavy atom. The first-order chi connectivity index (χ1) is 8.38. The summed E-state index contributed by atoms with van der Waals surface area (Å²) in [5.74, 6) is 0. The summed E-state index contributed by atoms with van der Waals surface area (Å²) in [5, 5.41) is 2.18. The molecule has 0 amide bonds. The van der Waals surface area contributed by atoms with Crippen molar-refractivity contribution in [3.63, 3.8) is 0 Å². The molecule has 17 heavy (non-hydrogen) atoms. The molecule has 0 radical (unpaired) electrons. The highest BCUT2D eigenvalue weighted by molar-refractivity contribution is 5.95. The van der Waals surface area contributed by atoms with E-state index in [1.807, 2.05) is 42.5 Å². The molecule has 0 N–H and O–H groups in total. The molecule has 2 nitrogen and oxygen atoms in total. The Bertz CT molecular complexity index is 703. The van der Waals surface area contributed by atoms with Crippen LogP contribution in [0, 0.1) is 0 Å². The van der Waals surface area contributed by atoms with E-state index in [0.29, 0.717) is 6.42 Å². The molecule has 0 aliphatic rings. The van der Waals surface area contributed by atoms with E-state index < -0.39 is 0 Å². The van der Waals surface area contributed by atoms with Crippen molar-refractivity contribution in [2.45, 2.75) is 6.42 Å². The first-order valence-electron chi connectivity index (χ1n) is 5.59. The number of hydrogen-bond acceptors (Lipinski definition) is 2. The number of nitrogens with zero attached hydrogens (tertiary/aromatic N) is 1. The van der Waals surface area contributed by atoms with Gasteiger partial charge in [0, 0.05) is 17.2 Å². The van der Waals surface area contributed by atoms with Gasteiger partial charge in [0.25, 0.3) is 0 Å². The van der Waals surface area contributed by atoms with Crippen LogP contribution in [-0.4, -0.2) is 11.3 Å². The number of hydrogen-bond donors (Lipinski definition) is 0. The second-order valence-electron chi connectivity index (χ2n) is 4.04. The third kappa shape index (κ3) is 1.68. The molecular formula is C15H11NO. The molecule has 2 aromatic carbocycles. The average Bonchev–Trinajstić information content (AvgIpc) is 2.37. The van der Waals surface area contributed by atoms with Crippen molar-refractivity contribution in [1.29, 1.82) is 0 Å². The number of para-hydroxylation sites is 1. The maximum Gasteiger partial charge on any atom is 0.124 e. The van der Waals surface area contributed by atoms with E-state index in [1.54, 1.807) is 0 Å². The minimum atomic E-state index is 0.442. The SMILES string of the molecule is O=CCc1cccc2nc3ccccc3cc12. The zero-order valence-electron chi connectivity index (χ0n) is 9.26. The van der Waals surface area contributed by atoms with Gasteiger partial charge in [0.15, 0.2) is 0 Å². The quantitative estimate of drug-likeness (QED) is 0.491. The molecule has 0 saturated heterocycles. The van der Waals surface area contributed by atoms with Gasteiger partial charge in [-0.3, -0.25) is 0 Å². The van der Waals surface area contributed by atoms with Gasteiger partial charge < -0.3 is 4.79 Å². The Hall–Kier alpha value is -2.22. The van der Waals surface area contributed by atoms with Crippen LogP contribution in [0.5, 0.6) is 0 Å². The van der Waals surface area contributed by atoms with Gasteiger partial charge in [-0.1, -0.05) is 30.3 Å². The van der Waals surface area contributed by atoms with E-state index in [-0.39, 0.29) is 0 Å². The third-order valence-electron chi connectivity index (χ3n) is 2.95. The predicted octanol–water partition coefficient (Wildman–Crippen LogP) is 3.13. The molecule has 3 rings (SSSR count). The molecule has 82 valence electrons. The smallest absolute Gasteiger partial charge is 0.124 e. The van der Waals surface area contributed by atoms with Crippen LogP contribution in [0.15, 0.2) is 48.5 Å². The zero-order valence-corrected chi connectivity index (χ0v) is 9.26. The van der Waals surface area contributed by atoms with Crippen LogP contribution in [0.4, 0.5) is 0 Å². The molecule has 0 unspecified atom stereocenters. The maximum atomic E-state index is 10.7. The lowest BCUT2D eigenvalue weighted by molar-refractivity contribution is -0.107. The van der Waals surface area contributed by atoms with Crippen LogP contribution in [-0.2, 0) is 11.2 Å². The minimum Gasteiger partial charge on any atom is -0.303 e. The predicted molar refractivity (Wildman–Crippen MR) is 69.0 cm³/mol. The number of carbonyl (C=O) groups is 1. The maximum absolute atomic E-state index is 10.7. The fourth-order valence-electron chi connectivity index (χ4n) is 2.13. The number of aldehydes is 1. The standard InChI is InChI=1S/C15H11NO/c17-9-8-11-5-3-7-15-13(11)10-12-4-1-2-6-14(12)16-15/h1-7,9-10H,8H2. The summed E-state index contributed by atoms with van der Waals surface area (Å²) in [7, 11) is 0. The number of aromatic nitrogens is 1. The molecule has 0 spiro atoms. The molecule has 0 saturated carbocycles. The summed E-state index contributed by atoms with van der Waals surface area (Å²) in [6.45, 7) is 0. The van der Waals surface area contributed by atoms with E-state index >= 15 is 0 Å². The Kier molecular flexibility index (Phi) is 2.33. The minimum absolute atomic E-state index is 0.442. The second-order valence-corrected chi connectivity index (χ2v) is 4.04. The lowest BCUT2D eigenvalue weighted by Crippen LogP contribution is -1.90. The van der Waals surface area contributed by atoms with Crippen LogP contribution in [0.1, 0.15) is 5.56 Å². The van der Waals surface area contributed by atoms with E-state index in [0.717, 1.165) is 33.7 Å². The lowest BCUT2D eigenvalue weighted by atomic mass is 10.0. The normalized spacial score (nSPS) is 10.8. The monoisotopic (exact) mass is 221 g/mol. The Morgan fingerprint density at radius 2 is 1.82 bits per heavy atom. The number of carbonyl (C=O) groups excluding carboxylic acids is 1. The fraction of sp³-hybridized carbons (Fsp3) is 0.0667. The molecule has 0 fully saturated rings. The van der Waals surface area contributed by atoms with E-state index in [4.69, 9.17) is 0 Å². The molecule has 0 aliphatic carbocycles. The summed E-state index contributed by atoms with van der Waals surface area (Å²) in [6.07, 6.45) is 1.38. The summed E-state index contributed by atoms with van der Waals surface area (Å²) >= 11 is 0. The van der Waals surface area contributed by atoms with Gasteiger partial charge in [-0.25, -0.2) is 4.98 Å². The van der Waals surface area contributed by atoms with Crippen LogP contribution in [0.25, 0.3) is 21.8 Å². The lowest BCUT2D eigenvalue weighted by Gasteiger charge is -2.05. The Morgan fingerprint density at radius 3 is 2.71 bits per heavy atom. The molecule has 0 bridgehead atoms. The van der Waals surface area contributed by atoms with Crippen molar-refractivity contribution in [2.75, 3.05) is 0 Å². The van der Waals surface area contributed by atoms with Crippen LogP contribution < -0.4 is 0 Å². The van der Waals surface area contributed by atoms with Gasteiger partial charge in [-0.05, 0) is 23.8 Å². The largest absolute Gasteiger partial charge is 0.303 e. The van der Waals surface area contributed by atoms with Crippen LogP contribution in [0.3, 0.4) is 0 Å². The number of fused-ring (bicyclic) bond motifs is 2.